The van der Waals surface area contributed by atoms with E-state index in [9.17, 15) is 0 Å². The number of ether oxygens (including phenoxy) is 1. The second-order valence-electron chi connectivity index (χ2n) is 4.74. The summed E-state index contributed by atoms with van der Waals surface area (Å²) in [6.07, 6.45) is 0. The minimum Gasteiger partial charge on any atom is -0.492 e. The molecule has 0 aliphatic rings. The van der Waals surface area contributed by atoms with Crippen molar-refractivity contribution in [2.45, 2.75) is 0 Å². The van der Waals surface area contributed by atoms with E-state index in [2.05, 4.69) is 10.3 Å². The van der Waals surface area contributed by atoms with E-state index in [1.807, 2.05) is 60.7 Å². The quantitative estimate of drug-likeness (QED) is 0.555. The summed E-state index contributed by atoms with van der Waals surface area (Å²) in [7, 11) is 0. The molecule has 0 unspecified atom stereocenters. The van der Waals surface area contributed by atoms with E-state index in [1.54, 1.807) is 0 Å². The van der Waals surface area contributed by atoms with Crippen LogP contribution in [-0.4, -0.2) is 18.1 Å². The number of nitrogens with one attached hydrogen (secondary N) is 1. The Morgan fingerprint density at radius 3 is 2.71 bits per heavy atom. The van der Waals surface area contributed by atoms with E-state index < -0.39 is 0 Å². The maximum Gasteiger partial charge on any atom is 0.126 e. The van der Waals surface area contributed by atoms with Crippen molar-refractivity contribution < 1.29 is 4.74 Å². The predicted octanol–water partition coefficient (Wildman–Crippen LogP) is 3.31. The fourth-order valence-corrected chi connectivity index (χ4v) is 2.11. The number of nitrogen functional groups attached to an aromatic ring is 1. The summed E-state index contributed by atoms with van der Waals surface area (Å²) in [5.41, 5.74) is 7.44. The van der Waals surface area contributed by atoms with E-state index in [0.717, 1.165) is 28.2 Å². The molecule has 21 heavy (non-hydrogen) atoms. The topological polar surface area (TPSA) is 60.2 Å². The Balaban J connectivity index is 1.57. The highest BCUT2D eigenvalue weighted by molar-refractivity contribution is 5.83. The Morgan fingerprint density at radius 2 is 1.86 bits per heavy atom. The summed E-state index contributed by atoms with van der Waals surface area (Å²) < 4.78 is 5.62. The monoisotopic (exact) mass is 279 g/mol. The van der Waals surface area contributed by atoms with Gasteiger partial charge in [0.05, 0.1) is 12.1 Å². The van der Waals surface area contributed by atoms with Gasteiger partial charge in [0.1, 0.15) is 18.2 Å². The van der Waals surface area contributed by atoms with Crippen LogP contribution in [0.2, 0.25) is 0 Å². The number of aromatic nitrogens is 1. The molecule has 4 nitrogen and oxygen atoms in total. The number of hydrogen-bond acceptors (Lipinski definition) is 4. The molecule has 0 saturated carbocycles. The van der Waals surface area contributed by atoms with Gasteiger partial charge >= 0.3 is 0 Å². The van der Waals surface area contributed by atoms with E-state index in [0.29, 0.717) is 13.2 Å². The molecule has 106 valence electrons. The van der Waals surface area contributed by atoms with Gasteiger partial charge in [-0.25, -0.2) is 4.98 Å². The Hall–Kier alpha value is -2.75. The number of benzene rings is 2. The lowest BCUT2D eigenvalue weighted by Gasteiger charge is -2.08. The summed E-state index contributed by atoms with van der Waals surface area (Å²) in [5, 5.41) is 4.30. The Labute approximate surface area is 123 Å². The summed E-state index contributed by atoms with van der Waals surface area (Å²) in [6, 6.07) is 19.4. The van der Waals surface area contributed by atoms with E-state index >= 15 is 0 Å². The molecular formula is C17H17N3O. The maximum atomic E-state index is 5.76. The van der Waals surface area contributed by atoms with Crippen molar-refractivity contribution in [2.75, 3.05) is 24.2 Å². The average Bonchev–Trinajstić information content (AvgIpc) is 2.52. The molecule has 4 heteroatoms. The van der Waals surface area contributed by atoms with Crippen molar-refractivity contribution in [3.63, 3.8) is 0 Å². The van der Waals surface area contributed by atoms with Crippen LogP contribution in [0.3, 0.4) is 0 Å². The van der Waals surface area contributed by atoms with Gasteiger partial charge in [-0.3, -0.25) is 0 Å². The second kappa shape index (κ2) is 6.13. The fourth-order valence-electron chi connectivity index (χ4n) is 2.11. The molecule has 1 aromatic heterocycles. The van der Waals surface area contributed by atoms with Gasteiger partial charge in [0.2, 0.25) is 0 Å². The SMILES string of the molecule is Nc1ccc2nc(NCCOc3ccccc3)ccc2c1. The van der Waals surface area contributed by atoms with Crippen LogP contribution in [0.15, 0.2) is 60.7 Å². The number of pyridine rings is 1. The van der Waals surface area contributed by atoms with Crippen LogP contribution >= 0.6 is 0 Å². The number of rotatable bonds is 5. The van der Waals surface area contributed by atoms with Crippen LogP contribution < -0.4 is 15.8 Å². The minimum absolute atomic E-state index is 0.589. The van der Waals surface area contributed by atoms with Crippen molar-refractivity contribution in [2.24, 2.45) is 0 Å². The molecule has 0 fully saturated rings. The minimum atomic E-state index is 0.589. The Kier molecular flexibility index (Phi) is 3.87. The zero-order valence-electron chi connectivity index (χ0n) is 11.6. The molecule has 0 aliphatic heterocycles. The van der Waals surface area contributed by atoms with Gasteiger partial charge < -0.3 is 15.8 Å². The van der Waals surface area contributed by atoms with Crippen molar-refractivity contribution >= 4 is 22.4 Å². The number of nitrogens with zero attached hydrogens (tertiary/aromatic N) is 1. The van der Waals surface area contributed by atoms with E-state index in [4.69, 9.17) is 10.5 Å². The molecule has 1 heterocycles. The summed E-state index contributed by atoms with van der Waals surface area (Å²) >= 11 is 0. The number of anilines is 2. The van der Waals surface area contributed by atoms with Crippen molar-refractivity contribution in [3.8, 4) is 5.75 Å². The fraction of sp³-hybridized carbons (Fsp3) is 0.118. The zero-order chi connectivity index (χ0) is 14.5. The third-order valence-electron chi connectivity index (χ3n) is 3.13. The number of hydrogen-bond donors (Lipinski definition) is 2. The summed E-state index contributed by atoms with van der Waals surface area (Å²) in [5.74, 6) is 1.71. The Bertz CT molecular complexity index is 728. The van der Waals surface area contributed by atoms with Gasteiger partial charge in [0.25, 0.3) is 0 Å². The average molecular weight is 279 g/mol. The molecule has 0 aliphatic carbocycles. The zero-order valence-corrected chi connectivity index (χ0v) is 11.6. The molecule has 3 N–H and O–H groups in total. The third kappa shape index (κ3) is 3.42. The van der Waals surface area contributed by atoms with Gasteiger partial charge in [-0.2, -0.15) is 0 Å². The van der Waals surface area contributed by atoms with Crippen molar-refractivity contribution in [3.05, 3.63) is 60.7 Å². The highest BCUT2D eigenvalue weighted by Gasteiger charge is 1.99. The van der Waals surface area contributed by atoms with Gasteiger partial charge in [-0.15, -0.1) is 0 Å². The summed E-state index contributed by atoms with van der Waals surface area (Å²) in [4.78, 5) is 4.54. The highest BCUT2D eigenvalue weighted by atomic mass is 16.5. The molecule has 3 aromatic rings. The molecular weight excluding hydrogens is 262 g/mol. The van der Waals surface area contributed by atoms with E-state index in [-0.39, 0.29) is 0 Å². The van der Waals surface area contributed by atoms with Crippen molar-refractivity contribution in [1.29, 1.82) is 0 Å². The van der Waals surface area contributed by atoms with Crippen LogP contribution in [-0.2, 0) is 0 Å². The molecule has 0 saturated heterocycles. The van der Waals surface area contributed by atoms with Gasteiger partial charge in [-0.05, 0) is 42.5 Å². The lowest BCUT2D eigenvalue weighted by atomic mass is 10.2. The highest BCUT2D eigenvalue weighted by Crippen LogP contribution is 2.17. The maximum absolute atomic E-state index is 5.76. The predicted molar refractivity (Wildman–Crippen MR) is 86.6 cm³/mol. The van der Waals surface area contributed by atoms with Crippen LogP contribution in [0.1, 0.15) is 0 Å². The van der Waals surface area contributed by atoms with Gasteiger partial charge in [0.15, 0.2) is 0 Å². The molecule has 0 bridgehead atoms. The largest absolute Gasteiger partial charge is 0.492 e. The van der Waals surface area contributed by atoms with E-state index in [1.165, 1.54) is 0 Å². The van der Waals surface area contributed by atoms with Crippen LogP contribution in [0.5, 0.6) is 5.75 Å². The first-order valence-electron chi connectivity index (χ1n) is 6.89. The van der Waals surface area contributed by atoms with Gasteiger partial charge in [0, 0.05) is 11.1 Å². The normalized spacial score (nSPS) is 10.5. The van der Waals surface area contributed by atoms with Crippen LogP contribution in [0.4, 0.5) is 11.5 Å². The molecule has 2 aromatic carbocycles. The lowest BCUT2D eigenvalue weighted by molar-refractivity contribution is 0.333. The first-order valence-corrected chi connectivity index (χ1v) is 6.89. The van der Waals surface area contributed by atoms with Crippen molar-refractivity contribution in [1.82, 2.24) is 4.98 Å². The first kappa shape index (κ1) is 13.2. The molecule has 0 spiro atoms. The van der Waals surface area contributed by atoms with Crippen LogP contribution in [0, 0.1) is 0 Å². The van der Waals surface area contributed by atoms with Gasteiger partial charge in [-0.1, -0.05) is 18.2 Å². The lowest BCUT2D eigenvalue weighted by Crippen LogP contribution is -2.12. The molecule has 0 atom stereocenters. The second-order valence-corrected chi connectivity index (χ2v) is 4.74. The number of nitrogens with two attached hydrogens (primary N) is 1. The summed E-state index contributed by atoms with van der Waals surface area (Å²) in [6.45, 7) is 1.29. The standard InChI is InChI=1S/C17H17N3O/c18-14-7-8-16-13(12-14)6-9-17(20-16)19-10-11-21-15-4-2-1-3-5-15/h1-9,12H,10-11,18H2,(H,19,20). The Morgan fingerprint density at radius 1 is 1.00 bits per heavy atom. The molecule has 0 amide bonds. The molecule has 0 radical (unpaired) electrons. The number of fused-ring (bicyclic) bond motifs is 1. The van der Waals surface area contributed by atoms with Crippen LogP contribution in [0.25, 0.3) is 10.9 Å². The molecule has 3 rings (SSSR count). The first-order chi connectivity index (χ1) is 10.3. The smallest absolute Gasteiger partial charge is 0.126 e. The number of para-hydroxylation sites is 1. The third-order valence-corrected chi connectivity index (χ3v) is 3.13.